The van der Waals surface area contributed by atoms with Gasteiger partial charge in [-0.25, -0.2) is 0 Å². The lowest BCUT2D eigenvalue weighted by Gasteiger charge is -2.03. The number of fused-ring (bicyclic) bond motifs is 1. The van der Waals surface area contributed by atoms with Crippen LogP contribution in [0.1, 0.15) is 42.1 Å². The fourth-order valence-electron chi connectivity index (χ4n) is 2.64. The summed E-state index contributed by atoms with van der Waals surface area (Å²) in [6.07, 6.45) is 5.35. The van der Waals surface area contributed by atoms with Crippen LogP contribution < -0.4 is 0 Å². The van der Waals surface area contributed by atoms with Crippen molar-refractivity contribution in [1.29, 1.82) is 0 Å². The summed E-state index contributed by atoms with van der Waals surface area (Å²) in [5.74, 6) is 2.10. The van der Waals surface area contributed by atoms with Crippen LogP contribution in [0, 0.1) is 0 Å². The molecule has 0 unspecified atom stereocenters. The number of rotatable bonds is 3. The number of hydrogen-bond acceptors (Lipinski definition) is 1. The third-order valence-electron chi connectivity index (χ3n) is 3.69. The van der Waals surface area contributed by atoms with Gasteiger partial charge in [-0.1, -0.05) is 32.0 Å². The van der Waals surface area contributed by atoms with E-state index in [-0.39, 0.29) is 0 Å². The number of furan rings is 1. The molecule has 92 valence electrons. The van der Waals surface area contributed by atoms with Gasteiger partial charge in [0.1, 0.15) is 11.5 Å². The van der Waals surface area contributed by atoms with Crippen LogP contribution in [0.15, 0.2) is 34.7 Å². The molecule has 0 aliphatic heterocycles. The maximum Gasteiger partial charge on any atom is 0.130 e. The Balaban J connectivity index is 1.98. The fraction of sp³-hybridized carbons (Fsp3) is 0.294. The molecule has 0 fully saturated rings. The van der Waals surface area contributed by atoms with Gasteiger partial charge in [-0.15, -0.1) is 0 Å². The second-order valence-electron chi connectivity index (χ2n) is 4.81. The Hall–Kier alpha value is -1.76. The molecule has 0 saturated heterocycles. The highest BCUT2D eigenvalue weighted by Crippen LogP contribution is 2.34. The summed E-state index contributed by atoms with van der Waals surface area (Å²) in [6, 6.07) is 10.8. The minimum atomic E-state index is 0.959. The first-order chi connectivity index (χ1) is 8.81. The molecule has 1 aromatic heterocycles. The Bertz CT molecular complexity index is 602. The first kappa shape index (κ1) is 11.3. The molecule has 18 heavy (non-hydrogen) atoms. The molecule has 1 nitrogen and oxygen atoms in total. The Morgan fingerprint density at radius 2 is 1.94 bits per heavy atom. The summed E-state index contributed by atoms with van der Waals surface area (Å²) in [5, 5.41) is 0. The summed E-state index contributed by atoms with van der Waals surface area (Å²) in [4.78, 5) is 0. The first-order valence-electron chi connectivity index (χ1n) is 6.72. The minimum Gasteiger partial charge on any atom is -0.461 e. The van der Waals surface area contributed by atoms with Crippen LogP contribution in [0.2, 0.25) is 0 Å². The summed E-state index contributed by atoms with van der Waals surface area (Å²) in [6.45, 7) is 4.33. The average molecular weight is 238 g/mol. The summed E-state index contributed by atoms with van der Waals surface area (Å²) >= 11 is 0. The Morgan fingerprint density at radius 1 is 1.06 bits per heavy atom. The Labute approximate surface area is 108 Å². The molecule has 2 aromatic rings. The van der Waals surface area contributed by atoms with Gasteiger partial charge >= 0.3 is 0 Å². The molecule has 0 radical (unpaired) electrons. The molecule has 1 aliphatic rings. The molecule has 0 saturated carbocycles. The van der Waals surface area contributed by atoms with Crippen LogP contribution in [0.25, 0.3) is 11.6 Å². The SMILES string of the molecule is CCc1ccc(C2=Cc3c(CC)cccc3C2)o1. The van der Waals surface area contributed by atoms with Crippen molar-refractivity contribution in [3.63, 3.8) is 0 Å². The second kappa shape index (κ2) is 4.49. The molecule has 1 heterocycles. The van der Waals surface area contributed by atoms with E-state index in [1.54, 1.807) is 0 Å². The van der Waals surface area contributed by atoms with Gasteiger partial charge in [0.15, 0.2) is 0 Å². The first-order valence-corrected chi connectivity index (χ1v) is 6.72. The van der Waals surface area contributed by atoms with Gasteiger partial charge in [-0.2, -0.15) is 0 Å². The predicted molar refractivity (Wildman–Crippen MR) is 75.5 cm³/mol. The number of allylic oxidation sites excluding steroid dienone is 1. The van der Waals surface area contributed by atoms with Crippen LogP contribution in [-0.2, 0) is 19.3 Å². The van der Waals surface area contributed by atoms with Crippen molar-refractivity contribution in [3.8, 4) is 0 Å². The van der Waals surface area contributed by atoms with Gasteiger partial charge < -0.3 is 4.42 Å². The lowest BCUT2D eigenvalue weighted by atomic mass is 10.0. The monoisotopic (exact) mass is 238 g/mol. The largest absolute Gasteiger partial charge is 0.461 e. The summed E-state index contributed by atoms with van der Waals surface area (Å²) in [5.41, 5.74) is 5.58. The van der Waals surface area contributed by atoms with Crippen LogP contribution in [0.4, 0.5) is 0 Å². The lowest BCUT2D eigenvalue weighted by molar-refractivity contribution is 0.503. The van der Waals surface area contributed by atoms with Crippen LogP contribution in [-0.4, -0.2) is 0 Å². The number of hydrogen-bond donors (Lipinski definition) is 0. The van der Waals surface area contributed by atoms with E-state index in [0.717, 1.165) is 30.8 Å². The molecule has 3 rings (SSSR count). The summed E-state index contributed by atoms with van der Waals surface area (Å²) < 4.78 is 5.85. The van der Waals surface area contributed by atoms with Gasteiger partial charge in [0, 0.05) is 12.8 Å². The average Bonchev–Trinajstić information content (AvgIpc) is 3.03. The standard InChI is InChI=1S/C17H18O/c1-3-12-6-5-7-13-10-14(11-16(12)13)17-9-8-15(4-2)18-17/h5-9,11H,3-4,10H2,1-2H3. The molecule has 0 bridgehead atoms. The molecular weight excluding hydrogens is 220 g/mol. The zero-order chi connectivity index (χ0) is 12.5. The van der Waals surface area contributed by atoms with Crippen molar-refractivity contribution in [2.24, 2.45) is 0 Å². The second-order valence-corrected chi connectivity index (χ2v) is 4.81. The molecule has 0 amide bonds. The molecular formula is C17H18O. The topological polar surface area (TPSA) is 13.1 Å². The predicted octanol–water partition coefficient (Wildman–Crippen LogP) is 4.50. The van der Waals surface area contributed by atoms with Gasteiger partial charge in [0.2, 0.25) is 0 Å². The van der Waals surface area contributed by atoms with E-state index in [0.29, 0.717) is 0 Å². The Kier molecular flexibility index (Phi) is 2.83. The molecule has 1 aromatic carbocycles. The van der Waals surface area contributed by atoms with Gasteiger partial charge in [-0.05, 0) is 46.9 Å². The van der Waals surface area contributed by atoms with Crippen molar-refractivity contribution < 1.29 is 4.42 Å². The third-order valence-corrected chi connectivity index (χ3v) is 3.69. The van der Waals surface area contributed by atoms with Crippen molar-refractivity contribution in [3.05, 3.63) is 58.5 Å². The van der Waals surface area contributed by atoms with Crippen LogP contribution in [0.3, 0.4) is 0 Å². The van der Waals surface area contributed by atoms with Gasteiger partial charge in [0.05, 0.1) is 0 Å². The zero-order valence-corrected chi connectivity index (χ0v) is 11.0. The number of aryl methyl sites for hydroxylation is 2. The van der Waals surface area contributed by atoms with E-state index < -0.39 is 0 Å². The van der Waals surface area contributed by atoms with Crippen molar-refractivity contribution in [1.82, 2.24) is 0 Å². The van der Waals surface area contributed by atoms with E-state index in [4.69, 9.17) is 4.42 Å². The maximum absolute atomic E-state index is 5.85. The zero-order valence-electron chi connectivity index (χ0n) is 11.0. The highest BCUT2D eigenvalue weighted by Gasteiger charge is 2.18. The summed E-state index contributed by atoms with van der Waals surface area (Å²) in [7, 11) is 0. The molecule has 0 spiro atoms. The fourth-order valence-corrected chi connectivity index (χ4v) is 2.64. The van der Waals surface area contributed by atoms with E-state index in [1.807, 2.05) is 0 Å². The lowest BCUT2D eigenvalue weighted by Crippen LogP contribution is -1.88. The van der Waals surface area contributed by atoms with Crippen molar-refractivity contribution in [2.75, 3.05) is 0 Å². The van der Waals surface area contributed by atoms with Gasteiger partial charge in [-0.3, -0.25) is 0 Å². The van der Waals surface area contributed by atoms with E-state index in [9.17, 15) is 0 Å². The van der Waals surface area contributed by atoms with Crippen molar-refractivity contribution >= 4 is 11.6 Å². The molecule has 0 atom stereocenters. The minimum absolute atomic E-state index is 0.959. The molecule has 0 N–H and O–H groups in total. The maximum atomic E-state index is 5.85. The molecule has 1 aliphatic carbocycles. The Morgan fingerprint density at radius 3 is 2.67 bits per heavy atom. The normalized spacial score (nSPS) is 13.6. The van der Waals surface area contributed by atoms with Crippen LogP contribution >= 0.6 is 0 Å². The number of benzene rings is 1. The molecule has 1 heteroatoms. The van der Waals surface area contributed by atoms with Crippen LogP contribution in [0.5, 0.6) is 0 Å². The van der Waals surface area contributed by atoms with E-state index in [1.165, 1.54) is 22.3 Å². The third kappa shape index (κ3) is 1.80. The van der Waals surface area contributed by atoms with E-state index in [2.05, 4.69) is 50.3 Å². The highest BCUT2D eigenvalue weighted by atomic mass is 16.3. The van der Waals surface area contributed by atoms with Crippen molar-refractivity contribution in [2.45, 2.75) is 33.1 Å². The smallest absolute Gasteiger partial charge is 0.130 e. The van der Waals surface area contributed by atoms with E-state index >= 15 is 0 Å². The highest BCUT2D eigenvalue weighted by molar-refractivity contribution is 5.88. The quantitative estimate of drug-likeness (QED) is 0.767. The van der Waals surface area contributed by atoms with Gasteiger partial charge in [0.25, 0.3) is 0 Å².